The van der Waals surface area contributed by atoms with E-state index in [1.54, 1.807) is 6.07 Å². The smallest absolute Gasteiger partial charge is 0.478 e. The second kappa shape index (κ2) is 5.92. The minimum Gasteiger partial charge on any atom is -0.478 e. The molecule has 0 fully saturated rings. The molecular weight excluding hydrogens is 257 g/mol. The lowest BCUT2D eigenvalue weighted by atomic mass is 10.2. The standard InChI is InChI=1S/C10H9F3O3S/c11-10(12,13)16-4-5-17-8-3-1-2-7(6-8)9(14)15/h1-3,6H,4-5H2,(H,14,15). The minimum absolute atomic E-state index is 0.0998. The van der Waals surface area contributed by atoms with E-state index >= 15 is 0 Å². The van der Waals surface area contributed by atoms with Gasteiger partial charge in [0.1, 0.15) is 0 Å². The zero-order valence-corrected chi connectivity index (χ0v) is 9.35. The molecule has 1 rings (SSSR count). The SMILES string of the molecule is O=C(O)c1cccc(SCCOC(F)(F)F)c1. The molecule has 0 atom stereocenters. The third kappa shape index (κ3) is 5.60. The molecule has 3 nitrogen and oxygen atoms in total. The number of carbonyl (C=O) groups is 1. The molecule has 0 amide bonds. The van der Waals surface area contributed by atoms with Crippen LogP contribution in [-0.4, -0.2) is 29.8 Å². The Morgan fingerprint density at radius 3 is 2.71 bits per heavy atom. The van der Waals surface area contributed by atoms with Gasteiger partial charge in [0.05, 0.1) is 12.2 Å². The molecule has 1 N–H and O–H groups in total. The Bertz CT molecular complexity index is 393. The topological polar surface area (TPSA) is 46.5 Å². The van der Waals surface area contributed by atoms with Crippen molar-refractivity contribution < 1.29 is 27.8 Å². The van der Waals surface area contributed by atoms with Crippen molar-refractivity contribution in [2.45, 2.75) is 11.3 Å². The zero-order chi connectivity index (χ0) is 12.9. The van der Waals surface area contributed by atoms with Crippen molar-refractivity contribution in [2.75, 3.05) is 12.4 Å². The van der Waals surface area contributed by atoms with Gasteiger partial charge in [0, 0.05) is 10.6 Å². The van der Waals surface area contributed by atoms with Crippen LogP contribution >= 0.6 is 11.8 Å². The van der Waals surface area contributed by atoms with Crippen molar-refractivity contribution in [3.63, 3.8) is 0 Å². The summed E-state index contributed by atoms with van der Waals surface area (Å²) in [5, 5.41) is 8.70. The van der Waals surface area contributed by atoms with Crippen LogP contribution in [0.25, 0.3) is 0 Å². The fourth-order valence-corrected chi connectivity index (χ4v) is 1.82. The number of benzene rings is 1. The Labute approximate surface area is 99.6 Å². The molecule has 1 aromatic rings. The van der Waals surface area contributed by atoms with Gasteiger partial charge in [-0.25, -0.2) is 4.79 Å². The molecule has 0 saturated carbocycles. The maximum absolute atomic E-state index is 11.6. The summed E-state index contributed by atoms with van der Waals surface area (Å²) in [7, 11) is 0. The Kier molecular flexibility index (Phi) is 4.83. The van der Waals surface area contributed by atoms with Gasteiger partial charge in [-0.05, 0) is 18.2 Å². The summed E-state index contributed by atoms with van der Waals surface area (Å²) in [4.78, 5) is 11.2. The van der Waals surface area contributed by atoms with Crippen molar-refractivity contribution in [1.29, 1.82) is 0 Å². The number of carboxylic acid groups (broad SMARTS) is 1. The van der Waals surface area contributed by atoms with E-state index in [1.165, 1.54) is 18.2 Å². The first-order chi connectivity index (χ1) is 7.88. The van der Waals surface area contributed by atoms with E-state index in [0.29, 0.717) is 4.90 Å². The molecule has 17 heavy (non-hydrogen) atoms. The summed E-state index contributed by atoms with van der Waals surface area (Å²) in [5.41, 5.74) is 0.103. The van der Waals surface area contributed by atoms with Crippen LogP contribution < -0.4 is 0 Å². The number of aromatic carboxylic acids is 1. The predicted octanol–water partition coefficient (Wildman–Crippen LogP) is 3.01. The lowest BCUT2D eigenvalue weighted by Crippen LogP contribution is -2.15. The average molecular weight is 266 g/mol. The van der Waals surface area contributed by atoms with Crippen LogP contribution in [0, 0.1) is 0 Å². The van der Waals surface area contributed by atoms with Gasteiger partial charge in [-0.15, -0.1) is 24.9 Å². The van der Waals surface area contributed by atoms with E-state index < -0.39 is 18.9 Å². The van der Waals surface area contributed by atoms with Crippen molar-refractivity contribution in [1.82, 2.24) is 0 Å². The highest BCUT2D eigenvalue weighted by atomic mass is 32.2. The van der Waals surface area contributed by atoms with Gasteiger partial charge in [0.2, 0.25) is 0 Å². The summed E-state index contributed by atoms with van der Waals surface area (Å²) >= 11 is 1.10. The summed E-state index contributed by atoms with van der Waals surface area (Å²) in [5.74, 6) is -0.971. The molecule has 0 unspecified atom stereocenters. The fraction of sp³-hybridized carbons (Fsp3) is 0.300. The maximum atomic E-state index is 11.6. The Balaban J connectivity index is 2.42. The highest BCUT2D eigenvalue weighted by Crippen LogP contribution is 2.21. The number of hydrogen-bond donors (Lipinski definition) is 1. The number of rotatable bonds is 5. The van der Waals surface area contributed by atoms with Gasteiger partial charge >= 0.3 is 12.3 Å². The fourth-order valence-electron chi connectivity index (χ4n) is 1.04. The molecule has 0 spiro atoms. The van der Waals surface area contributed by atoms with E-state index in [-0.39, 0.29) is 11.3 Å². The predicted molar refractivity (Wildman–Crippen MR) is 56.1 cm³/mol. The Morgan fingerprint density at radius 1 is 1.41 bits per heavy atom. The Morgan fingerprint density at radius 2 is 2.12 bits per heavy atom. The second-order valence-electron chi connectivity index (χ2n) is 2.98. The highest BCUT2D eigenvalue weighted by Gasteiger charge is 2.28. The second-order valence-corrected chi connectivity index (χ2v) is 4.14. The van der Waals surface area contributed by atoms with Gasteiger partial charge in [-0.3, -0.25) is 4.74 Å². The normalized spacial score (nSPS) is 11.5. The van der Waals surface area contributed by atoms with Crippen molar-refractivity contribution in [3.05, 3.63) is 29.8 Å². The van der Waals surface area contributed by atoms with Crippen LogP contribution in [0.1, 0.15) is 10.4 Å². The zero-order valence-electron chi connectivity index (χ0n) is 8.53. The first-order valence-corrected chi connectivity index (χ1v) is 5.54. The first kappa shape index (κ1) is 13.9. The van der Waals surface area contributed by atoms with Gasteiger partial charge in [0.15, 0.2) is 0 Å². The van der Waals surface area contributed by atoms with Crippen LogP contribution in [0.3, 0.4) is 0 Å². The average Bonchev–Trinajstić information content (AvgIpc) is 2.23. The monoisotopic (exact) mass is 266 g/mol. The van der Waals surface area contributed by atoms with E-state index in [2.05, 4.69) is 4.74 Å². The molecule has 94 valence electrons. The molecule has 0 aliphatic rings. The van der Waals surface area contributed by atoms with Gasteiger partial charge in [0.25, 0.3) is 0 Å². The number of hydrogen-bond acceptors (Lipinski definition) is 3. The maximum Gasteiger partial charge on any atom is 0.522 e. The molecule has 0 radical (unpaired) electrons. The highest BCUT2D eigenvalue weighted by molar-refractivity contribution is 7.99. The summed E-state index contributed by atoms with van der Waals surface area (Å²) < 4.78 is 38.5. The third-order valence-electron chi connectivity index (χ3n) is 1.70. The lowest BCUT2D eigenvalue weighted by Gasteiger charge is -2.07. The molecule has 7 heteroatoms. The number of halogens is 3. The molecule has 0 aliphatic carbocycles. The largest absolute Gasteiger partial charge is 0.522 e. The van der Waals surface area contributed by atoms with Crippen LogP contribution in [0.15, 0.2) is 29.2 Å². The van der Waals surface area contributed by atoms with Crippen LogP contribution in [-0.2, 0) is 4.74 Å². The van der Waals surface area contributed by atoms with Gasteiger partial charge < -0.3 is 5.11 Å². The molecule has 0 aliphatic heterocycles. The van der Waals surface area contributed by atoms with E-state index in [4.69, 9.17) is 5.11 Å². The lowest BCUT2D eigenvalue weighted by molar-refractivity contribution is -0.322. The minimum atomic E-state index is -4.62. The quantitative estimate of drug-likeness (QED) is 0.657. The molecule has 1 aromatic carbocycles. The number of ether oxygens (including phenoxy) is 1. The Hall–Kier alpha value is -1.21. The van der Waals surface area contributed by atoms with Crippen molar-refractivity contribution >= 4 is 17.7 Å². The van der Waals surface area contributed by atoms with Crippen molar-refractivity contribution in [3.8, 4) is 0 Å². The summed E-state index contributed by atoms with van der Waals surface area (Å²) in [6, 6.07) is 5.99. The molecule has 0 saturated heterocycles. The van der Waals surface area contributed by atoms with Crippen molar-refractivity contribution in [2.24, 2.45) is 0 Å². The van der Waals surface area contributed by atoms with Crippen LogP contribution in [0.5, 0.6) is 0 Å². The summed E-state index contributed by atoms with van der Waals surface area (Å²) in [6.07, 6.45) is -4.62. The number of thioether (sulfide) groups is 1. The third-order valence-corrected chi connectivity index (χ3v) is 2.66. The molecular formula is C10H9F3O3S. The molecule has 0 heterocycles. The van der Waals surface area contributed by atoms with Crippen LogP contribution in [0.4, 0.5) is 13.2 Å². The number of carboxylic acids is 1. The van der Waals surface area contributed by atoms with Crippen LogP contribution in [0.2, 0.25) is 0 Å². The van der Waals surface area contributed by atoms with E-state index in [9.17, 15) is 18.0 Å². The first-order valence-electron chi connectivity index (χ1n) is 4.55. The summed E-state index contributed by atoms with van der Waals surface area (Å²) in [6.45, 7) is -0.467. The number of alkyl halides is 3. The van der Waals surface area contributed by atoms with Gasteiger partial charge in [-0.1, -0.05) is 6.07 Å². The molecule has 0 bridgehead atoms. The van der Waals surface area contributed by atoms with Gasteiger partial charge in [-0.2, -0.15) is 0 Å². The van der Waals surface area contributed by atoms with E-state index in [0.717, 1.165) is 11.8 Å². The van der Waals surface area contributed by atoms with E-state index in [1.807, 2.05) is 0 Å². The molecule has 0 aromatic heterocycles.